The van der Waals surface area contributed by atoms with Crippen molar-refractivity contribution in [3.63, 3.8) is 0 Å². The molecule has 2 heterocycles. The van der Waals surface area contributed by atoms with E-state index in [9.17, 15) is 0 Å². The van der Waals surface area contributed by atoms with E-state index in [4.69, 9.17) is 4.52 Å². The van der Waals surface area contributed by atoms with E-state index in [-0.39, 0.29) is 0 Å². The summed E-state index contributed by atoms with van der Waals surface area (Å²) in [6.45, 7) is 7.35. The van der Waals surface area contributed by atoms with E-state index in [0.29, 0.717) is 11.3 Å². The number of hydrogen-bond acceptors (Lipinski definition) is 4. The first-order valence-electron chi connectivity index (χ1n) is 9.40. The number of likely N-dealkylation sites (tertiary alicyclic amines) is 1. The normalized spacial score (nSPS) is 20.5. The van der Waals surface area contributed by atoms with Gasteiger partial charge in [-0.3, -0.25) is 4.99 Å². The van der Waals surface area contributed by atoms with Gasteiger partial charge in [-0.1, -0.05) is 31.8 Å². The molecule has 0 radical (unpaired) electrons. The predicted molar refractivity (Wildman–Crippen MR) is 95.2 cm³/mol. The Hall–Kier alpha value is -1.59. The molecule has 0 aromatic carbocycles. The molecule has 2 aliphatic rings. The number of aryl methyl sites for hydroxylation is 1. The summed E-state index contributed by atoms with van der Waals surface area (Å²) in [6, 6.07) is 0. The molecular weight excluding hydrogens is 302 g/mol. The lowest BCUT2D eigenvalue weighted by molar-refractivity contribution is 0.309. The highest BCUT2D eigenvalue weighted by Crippen LogP contribution is 2.45. The van der Waals surface area contributed by atoms with Crippen molar-refractivity contribution in [1.29, 1.82) is 0 Å². The smallest absolute Gasteiger partial charge is 0.226 e. The molecule has 1 saturated heterocycles. The fourth-order valence-electron chi connectivity index (χ4n) is 4.03. The average molecular weight is 333 g/mol. The van der Waals surface area contributed by atoms with Gasteiger partial charge in [0.2, 0.25) is 5.89 Å². The lowest BCUT2D eigenvalue weighted by Gasteiger charge is -2.25. The molecule has 1 spiro atoms. The second-order valence-electron chi connectivity index (χ2n) is 7.66. The van der Waals surface area contributed by atoms with Crippen LogP contribution in [0.2, 0.25) is 0 Å². The highest BCUT2D eigenvalue weighted by Gasteiger charge is 2.40. The monoisotopic (exact) mass is 333 g/mol. The molecule has 0 bridgehead atoms. The van der Waals surface area contributed by atoms with Crippen molar-refractivity contribution in [1.82, 2.24) is 20.4 Å². The standard InChI is InChI=1S/C18H31N5O/c1-14(2)16-21-15(24-22-16)7-6-11-20-17(19-3)23-12-10-18(13-23)8-4-5-9-18/h14H,4-13H2,1-3H3,(H,19,20). The maximum Gasteiger partial charge on any atom is 0.226 e. The van der Waals surface area contributed by atoms with Crippen molar-refractivity contribution in [3.05, 3.63) is 11.7 Å². The summed E-state index contributed by atoms with van der Waals surface area (Å²) in [6.07, 6.45) is 8.72. The van der Waals surface area contributed by atoms with Gasteiger partial charge in [0.25, 0.3) is 0 Å². The summed E-state index contributed by atoms with van der Waals surface area (Å²) in [5, 5.41) is 7.51. The van der Waals surface area contributed by atoms with E-state index < -0.39 is 0 Å². The first-order valence-corrected chi connectivity index (χ1v) is 9.40. The Morgan fingerprint density at radius 3 is 2.79 bits per heavy atom. The van der Waals surface area contributed by atoms with E-state index in [2.05, 4.69) is 39.2 Å². The van der Waals surface area contributed by atoms with Crippen LogP contribution in [0.4, 0.5) is 0 Å². The topological polar surface area (TPSA) is 66.5 Å². The number of aliphatic imine (C=N–C) groups is 1. The van der Waals surface area contributed by atoms with Crippen LogP contribution in [0.5, 0.6) is 0 Å². The van der Waals surface area contributed by atoms with Crippen molar-refractivity contribution in [2.45, 2.75) is 64.7 Å². The number of nitrogens with zero attached hydrogens (tertiary/aromatic N) is 4. The number of aromatic nitrogens is 2. The lowest BCUT2D eigenvalue weighted by Crippen LogP contribution is -2.41. The molecule has 1 saturated carbocycles. The van der Waals surface area contributed by atoms with Crippen molar-refractivity contribution in [3.8, 4) is 0 Å². The van der Waals surface area contributed by atoms with Gasteiger partial charge >= 0.3 is 0 Å². The van der Waals surface area contributed by atoms with E-state index in [0.717, 1.165) is 43.6 Å². The molecule has 24 heavy (non-hydrogen) atoms. The maximum absolute atomic E-state index is 5.29. The van der Waals surface area contributed by atoms with Crippen LogP contribution in [0.3, 0.4) is 0 Å². The Labute approximate surface area is 145 Å². The van der Waals surface area contributed by atoms with Crippen LogP contribution in [-0.2, 0) is 6.42 Å². The van der Waals surface area contributed by atoms with Gasteiger partial charge in [-0.05, 0) is 31.1 Å². The van der Waals surface area contributed by atoms with E-state index in [1.54, 1.807) is 0 Å². The summed E-state index contributed by atoms with van der Waals surface area (Å²) in [4.78, 5) is 11.3. The van der Waals surface area contributed by atoms with Gasteiger partial charge in [0.1, 0.15) is 0 Å². The van der Waals surface area contributed by atoms with Crippen LogP contribution in [0, 0.1) is 5.41 Å². The first-order chi connectivity index (χ1) is 11.6. The van der Waals surface area contributed by atoms with E-state index in [1.165, 1.54) is 38.6 Å². The summed E-state index contributed by atoms with van der Waals surface area (Å²) in [5.74, 6) is 2.90. The summed E-state index contributed by atoms with van der Waals surface area (Å²) in [7, 11) is 1.88. The molecule has 1 aromatic rings. The molecule has 3 rings (SSSR count). The zero-order valence-corrected chi connectivity index (χ0v) is 15.3. The molecule has 1 aromatic heterocycles. The van der Waals surface area contributed by atoms with Crippen LogP contribution in [0.1, 0.15) is 70.0 Å². The third-order valence-corrected chi connectivity index (χ3v) is 5.46. The Morgan fingerprint density at radius 2 is 2.12 bits per heavy atom. The molecule has 6 heteroatoms. The van der Waals surface area contributed by atoms with Crippen LogP contribution in [-0.4, -0.2) is 47.7 Å². The molecular formula is C18H31N5O. The average Bonchev–Trinajstić information content (AvgIpc) is 3.30. The van der Waals surface area contributed by atoms with Crippen molar-refractivity contribution in [2.75, 3.05) is 26.7 Å². The predicted octanol–water partition coefficient (Wildman–Crippen LogP) is 2.97. The molecule has 6 nitrogen and oxygen atoms in total. The number of hydrogen-bond donors (Lipinski definition) is 1. The number of guanidine groups is 1. The quantitative estimate of drug-likeness (QED) is 0.510. The zero-order valence-electron chi connectivity index (χ0n) is 15.3. The van der Waals surface area contributed by atoms with Gasteiger partial charge in [0.05, 0.1) is 0 Å². The van der Waals surface area contributed by atoms with Crippen molar-refractivity contribution < 1.29 is 4.52 Å². The van der Waals surface area contributed by atoms with Gasteiger partial charge in [0.15, 0.2) is 11.8 Å². The molecule has 1 aliphatic carbocycles. The van der Waals surface area contributed by atoms with Gasteiger partial charge in [-0.2, -0.15) is 4.98 Å². The second-order valence-corrected chi connectivity index (χ2v) is 7.66. The third-order valence-electron chi connectivity index (χ3n) is 5.46. The highest BCUT2D eigenvalue weighted by atomic mass is 16.5. The fourth-order valence-corrected chi connectivity index (χ4v) is 4.03. The molecule has 1 aliphatic heterocycles. The third kappa shape index (κ3) is 3.90. The summed E-state index contributed by atoms with van der Waals surface area (Å²) >= 11 is 0. The van der Waals surface area contributed by atoms with Gasteiger partial charge in [-0.15, -0.1) is 0 Å². The van der Waals surface area contributed by atoms with Gasteiger partial charge in [0, 0.05) is 39.0 Å². The van der Waals surface area contributed by atoms with E-state index >= 15 is 0 Å². The highest BCUT2D eigenvalue weighted by molar-refractivity contribution is 5.80. The Bertz CT molecular complexity index is 560. The SMILES string of the molecule is CN=C(NCCCc1nc(C(C)C)no1)N1CCC2(CCCC2)C1. The Balaban J connectivity index is 1.41. The van der Waals surface area contributed by atoms with Gasteiger partial charge < -0.3 is 14.7 Å². The van der Waals surface area contributed by atoms with Gasteiger partial charge in [-0.25, -0.2) is 0 Å². The van der Waals surface area contributed by atoms with E-state index in [1.807, 2.05) is 7.05 Å². The van der Waals surface area contributed by atoms with Crippen LogP contribution in [0.25, 0.3) is 0 Å². The first kappa shape index (κ1) is 17.2. The largest absolute Gasteiger partial charge is 0.356 e. The second kappa shape index (κ2) is 7.53. The molecule has 1 N–H and O–H groups in total. The summed E-state index contributed by atoms with van der Waals surface area (Å²) < 4.78 is 5.29. The molecule has 0 amide bonds. The number of nitrogens with one attached hydrogen (secondary N) is 1. The molecule has 0 atom stereocenters. The Morgan fingerprint density at radius 1 is 1.33 bits per heavy atom. The van der Waals surface area contributed by atoms with Crippen molar-refractivity contribution in [2.24, 2.45) is 10.4 Å². The minimum Gasteiger partial charge on any atom is -0.356 e. The zero-order chi connectivity index (χ0) is 17.0. The summed E-state index contributed by atoms with van der Waals surface area (Å²) in [5.41, 5.74) is 0.578. The van der Waals surface area contributed by atoms with Crippen molar-refractivity contribution >= 4 is 5.96 Å². The number of rotatable bonds is 5. The Kier molecular flexibility index (Phi) is 5.41. The lowest BCUT2D eigenvalue weighted by atomic mass is 9.86. The maximum atomic E-state index is 5.29. The van der Waals surface area contributed by atoms with Crippen LogP contribution in [0.15, 0.2) is 9.52 Å². The molecule has 0 unspecified atom stereocenters. The fraction of sp³-hybridized carbons (Fsp3) is 0.833. The van der Waals surface area contributed by atoms with Crippen LogP contribution >= 0.6 is 0 Å². The minimum atomic E-state index is 0.317. The molecule has 2 fully saturated rings. The van der Waals surface area contributed by atoms with Crippen LogP contribution < -0.4 is 5.32 Å². The minimum absolute atomic E-state index is 0.317. The molecule has 134 valence electrons.